The molecule has 0 aliphatic heterocycles. The SMILES string of the molecule is Cc1cc2c(-c3ccccc3)cccc2[cH-]1.Cl.Cl.[CH3-].[CH3-].[Si]=[Zr].c1ccc2c(c1)[cH-]c1ccccc12. The molecule has 0 bridgehead atoms. The molecule has 0 saturated carbocycles. The molecule has 0 N–H and O–H groups in total. The van der Waals surface area contributed by atoms with Crippen LogP contribution >= 0.6 is 24.8 Å². The largest absolute Gasteiger partial charge is 0.126 e. The first kappa shape index (κ1) is 33.0. The summed E-state index contributed by atoms with van der Waals surface area (Å²) in [6.07, 6.45) is 0. The van der Waals surface area contributed by atoms with Gasteiger partial charge in [-0.25, -0.2) is 0 Å². The molecular weight excluding hydrogens is 563 g/mol. The average molecular weight is 593 g/mol. The third-order valence-corrected chi connectivity index (χ3v) is 5.50. The molecule has 6 aromatic rings. The third kappa shape index (κ3) is 7.51. The summed E-state index contributed by atoms with van der Waals surface area (Å²) in [5.41, 5.74) is 3.95. The minimum absolute atomic E-state index is 0. The van der Waals surface area contributed by atoms with E-state index in [0.717, 1.165) is 0 Å². The molecule has 180 valence electrons. The molecule has 0 aliphatic carbocycles. The van der Waals surface area contributed by atoms with Gasteiger partial charge in [-0.3, -0.25) is 0 Å². The van der Waals surface area contributed by atoms with Gasteiger partial charge in [-0.1, -0.05) is 85.3 Å². The zero-order chi connectivity index (χ0) is 21.6. The average Bonchev–Trinajstić information content (AvgIpc) is 3.41. The summed E-state index contributed by atoms with van der Waals surface area (Å²) >= 11 is 1.36. The summed E-state index contributed by atoms with van der Waals surface area (Å²) in [5, 5.41) is 8.08. The van der Waals surface area contributed by atoms with E-state index >= 15 is 0 Å². The number of rotatable bonds is 1. The Morgan fingerprint density at radius 2 is 1.00 bits per heavy atom. The van der Waals surface area contributed by atoms with Crippen LogP contribution in [0.1, 0.15) is 5.56 Å². The smallest absolute Gasteiger partial charge is 0.0771 e. The van der Waals surface area contributed by atoms with E-state index < -0.39 is 0 Å². The molecule has 0 aliphatic rings. The number of aryl methyl sites for hydroxylation is 1. The monoisotopic (exact) mass is 590 g/mol. The molecule has 0 spiro atoms. The van der Waals surface area contributed by atoms with Gasteiger partial charge in [0.15, 0.2) is 0 Å². The van der Waals surface area contributed by atoms with E-state index in [1.165, 1.54) is 72.3 Å². The number of fused-ring (bicyclic) bond motifs is 4. The second kappa shape index (κ2) is 15.9. The molecule has 2 radical (unpaired) electrons. The maximum atomic E-state index is 3.06. The van der Waals surface area contributed by atoms with E-state index in [1.807, 2.05) is 0 Å². The fraction of sp³-hybridized carbons (Fsp3) is 0.0323. The molecule has 0 nitrogen and oxygen atoms in total. The van der Waals surface area contributed by atoms with Crippen molar-refractivity contribution in [3.05, 3.63) is 136 Å². The molecule has 0 unspecified atom stereocenters. The molecule has 0 atom stereocenters. The van der Waals surface area contributed by atoms with Gasteiger partial charge < -0.3 is 14.9 Å². The van der Waals surface area contributed by atoms with Crippen LogP contribution < -0.4 is 0 Å². The van der Waals surface area contributed by atoms with Gasteiger partial charge >= 0.3 is 30.2 Å². The van der Waals surface area contributed by atoms with Gasteiger partial charge in [0.1, 0.15) is 0 Å². The summed E-state index contributed by atoms with van der Waals surface area (Å²) in [4.78, 5) is 0. The van der Waals surface area contributed by atoms with Crippen LogP contribution in [0.3, 0.4) is 0 Å². The number of hydrogen-bond donors (Lipinski definition) is 0. The molecule has 0 amide bonds. The van der Waals surface area contributed by atoms with Gasteiger partial charge in [0.05, 0.1) is 0 Å². The summed E-state index contributed by atoms with van der Waals surface area (Å²) in [5.74, 6) is 0. The molecule has 35 heavy (non-hydrogen) atoms. The van der Waals surface area contributed by atoms with Gasteiger partial charge in [0, 0.05) is 0 Å². The Kier molecular flexibility index (Phi) is 15.0. The Hall–Kier alpha value is -1.96. The zero-order valence-corrected chi connectivity index (χ0v) is 25.4. The van der Waals surface area contributed by atoms with Gasteiger partial charge in [0.25, 0.3) is 0 Å². The molecule has 0 fully saturated rings. The zero-order valence-electron chi connectivity index (χ0n) is 20.3. The molecule has 6 rings (SSSR count). The van der Waals surface area contributed by atoms with E-state index in [4.69, 9.17) is 0 Å². The molecule has 0 heterocycles. The standard InChI is InChI=1S/C16H13.C13H9.2CH3.2ClH.Si.Zr/c1-12-10-14-8-5-9-15(16(14)11-12)13-6-3-2-4-7-13;1-3-7-12-10(5-1)9-11-6-2-4-8-13(11)12;;;;;;/h2-11H,1H3;1-9H;2*1H3;2*1H;;/q4*-1;;;;. The molecule has 0 saturated heterocycles. The van der Waals surface area contributed by atoms with E-state index in [9.17, 15) is 0 Å². The second-order valence-electron chi connectivity index (χ2n) is 7.53. The maximum Gasteiger partial charge on any atom is -0.0771 e. The van der Waals surface area contributed by atoms with Crippen LogP contribution in [0.4, 0.5) is 0 Å². The summed E-state index contributed by atoms with van der Waals surface area (Å²) < 4.78 is 0. The first-order valence-corrected chi connectivity index (χ1v) is 14.5. The minimum atomic E-state index is 0. The van der Waals surface area contributed by atoms with Crippen molar-refractivity contribution in [2.24, 2.45) is 0 Å². The summed E-state index contributed by atoms with van der Waals surface area (Å²) in [6.45, 7) is 5.21. The van der Waals surface area contributed by atoms with Crippen LogP contribution in [0, 0.1) is 21.8 Å². The van der Waals surface area contributed by atoms with Crippen molar-refractivity contribution in [3.63, 3.8) is 0 Å². The van der Waals surface area contributed by atoms with Crippen LogP contribution in [0.5, 0.6) is 0 Å². The van der Waals surface area contributed by atoms with E-state index in [-0.39, 0.29) is 39.7 Å². The van der Waals surface area contributed by atoms with Crippen molar-refractivity contribution in [2.75, 3.05) is 0 Å². The van der Waals surface area contributed by atoms with E-state index in [0.29, 0.717) is 0 Å². The first-order valence-electron chi connectivity index (χ1n) is 10.3. The van der Waals surface area contributed by atoms with Crippen molar-refractivity contribution in [2.45, 2.75) is 6.92 Å². The minimum Gasteiger partial charge on any atom is -0.126 e. The predicted octanol–water partition coefficient (Wildman–Crippen LogP) is 9.61. The number of hydrogen-bond acceptors (Lipinski definition) is 0. The normalized spacial score (nSPS) is 9.14. The van der Waals surface area contributed by atoms with Crippen molar-refractivity contribution in [1.82, 2.24) is 0 Å². The van der Waals surface area contributed by atoms with Crippen LogP contribution in [-0.4, -0.2) is 6.88 Å². The van der Waals surface area contributed by atoms with Gasteiger partial charge in [-0.05, 0) is 5.56 Å². The van der Waals surface area contributed by atoms with Crippen LogP contribution in [0.25, 0.3) is 43.4 Å². The maximum absolute atomic E-state index is 3.06. The fourth-order valence-corrected chi connectivity index (χ4v) is 4.16. The van der Waals surface area contributed by atoms with Gasteiger partial charge in [-0.15, -0.1) is 99.1 Å². The molecule has 6 aromatic carbocycles. The fourth-order valence-electron chi connectivity index (χ4n) is 4.16. The third-order valence-electron chi connectivity index (χ3n) is 5.50. The quantitative estimate of drug-likeness (QED) is 0.132. The van der Waals surface area contributed by atoms with Gasteiger partial charge in [-0.2, -0.15) is 6.07 Å². The predicted molar refractivity (Wildman–Crippen MR) is 160 cm³/mol. The van der Waals surface area contributed by atoms with Crippen LogP contribution in [0.2, 0.25) is 0 Å². The number of halogens is 2. The van der Waals surface area contributed by atoms with Crippen molar-refractivity contribution >= 4 is 64.0 Å². The topological polar surface area (TPSA) is 0 Å². The van der Waals surface area contributed by atoms with Gasteiger partial charge in [0.2, 0.25) is 0 Å². The molecular formula is C31H30Cl2SiZr-4. The Morgan fingerprint density at radius 1 is 0.543 bits per heavy atom. The Balaban J connectivity index is 0.000000564. The Labute approximate surface area is 239 Å². The van der Waals surface area contributed by atoms with E-state index in [2.05, 4.69) is 129 Å². The van der Waals surface area contributed by atoms with Crippen molar-refractivity contribution < 1.29 is 23.3 Å². The molecule has 0 aromatic heterocycles. The Bertz CT molecular complexity index is 1380. The van der Waals surface area contributed by atoms with E-state index in [1.54, 1.807) is 0 Å². The van der Waals surface area contributed by atoms with Crippen LogP contribution in [-0.2, 0) is 23.3 Å². The van der Waals surface area contributed by atoms with Crippen molar-refractivity contribution in [3.8, 4) is 11.1 Å². The Morgan fingerprint density at radius 3 is 1.57 bits per heavy atom. The summed E-state index contributed by atoms with van der Waals surface area (Å²) in [6, 6.07) is 40.8. The first-order chi connectivity index (χ1) is 15.3. The summed E-state index contributed by atoms with van der Waals surface area (Å²) in [7, 11) is 0. The number of benzene rings is 4. The second-order valence-corrected chi connectivity index (χ2v) is 7.53. The van der Waals surface area contributed by atoms with Crippen molar-refractivity contribution in [1.29, 1.82) is 0 Å². The molecule has 4 heteroatoms. The van der Waals surface area contributed by atoms with Crippen LogP contribution in [0.15, 0.2) is 115 Å².